The average Bonchev–Trinajstić information content (AvgIpc) is 2.26. The van der Waals surface area contributed by atoms with Crippen LogP contribution in [0.2, 0.25) is 0 Å². The van der Waals surface area contributed by atoms with Gasteiger partial charge in [-0.1, -0.05) is 6.92 Å². The number of alkyl halides is 5. The number of hydrogen-bond donors (Lipinski definition) is 0. The van der Waals surface area contributed by atoms with Crippen LogP contribution < -0.4 is 4.74 Å². The van der Waals surface area contributed by atoms with Gasteiger partial charge in [-0.15, -0.1) is 0 Å². The molecule has 0 heterocycles. The van der Waals surface area contributed by atoms with Crippen molar-refractivity contribution in [2.75, 3.05) is 0 Å². The lowest BCUT2D eigenvalue weighted by Gasteiger charge is -2.12. The summed E-state index contributed by atoms with van der Waals surface area (Å²) in [6, 6.07) is 1.82. The molecule has 0 aromatic heterocycles. The maximum atomic E-state index is 12.4. The number of halogens is 5. The Morgan fingerprint density at radius 1 is 1.33 bits per heavy atom. The molecular formula is C11H9F5O2. The van der Waals surface area contributed by atoms with Gasteiger partial charge in [0.15, 0.2) is 5.78 Å². The molecule has 100 valence electrons. The number of Topliss-reactive ketones (excluding diaryl/α,β-unsaturated/α-hetero) is 1. The SMILES string of the molecule is CCC(=O)c1cc(C(F)(F)F)ccc1OC(F)F. The molecule has 1 rings (SSSR count). The quantitative estimate of drug-likeness (QED) is 0.611. The Labute approximate surface area is 99.4 Å². The molecular weight excluding hydrogens is 259 g/mol. The molecule has 0 aliphatic heterocycles. The van der Waals surface area contributed by atoms with Gasteiger partial charge in [-0.25, -0.2) is 0 Å². The minimum Gasteiger partial charge on any atom is -0.434 e. The highest BCUT2D eigenvalue weighted by atomic mass is 19.4. The number of ketones is 1. The van der Waals surface area contributed by atoms with E-state index in [1.807, 2.05) is 0 Å². The first kappa shape index (κ1) is 14.4. The summed E-state index contributed by atoms with van der Waals surface area (Å²) >= 11 is 0. The summed E-state index contributed by atoms with van der Waals surface area (Å²) in [5.74, 6) is -1.25. The zero-order chi connectivity index (χ0) is 13.9. The van der Waals surface area contributed by atoms with Gasteiger partial charge in [0, 0.05) is 6.42 Å². The number of ether oxygens (including phenoxy) is 1. The molecule has 7 heteroatoms. The van der Waals surface area contributed by atoms with E-state index in [1.54, 1.807) is 0 Å². The number of benzene rings is 1. The largest absolute Gasteiger partial charge is 0.434 e. The fourth-order valence-electron chi connectivity index (χ4n) is 1.31. The van der Waals surface area contributed by atoms with E-state index in [2.05, 4.69) is 4.74 Å². The van der Waals surface area contributed by atoms with Crippen LogP contribution in [0.5, 0.6) is 5.75 Å². The Hall–Kier alpha value is -1.66. The molecule has 0 bridgehead atoms. The van der Waals surface area contributed by atoms with E-state index < -0.39 is 35.4 Å². The van der Waals surface area contributed by atoms with Crippen LogP contribution in [0.3, 0.4) is 0 Å². The summed E-state index contributed by atoms with van der Waals surface area (Å²) in [7, 11) is 0. The first-order valence-corrected chi connectivity index (χ1v) is 4.95. The van der Waals surface area contributed by atoms with E-state index in [0.29, 0.717) is 12.1 Å². The third-order valence-electron chi connectivity index (χ3n) is 2.14. The van der Waals surface area contributed by atoms with E-state index in [1.165, 1.54) is 6.92 Å². The maximum absolute atomic E-state index is 12.4. The van der Waals surface area contributed by atoms with Crippen LogP contribution in [0.15, 0.2) is 18.2 Å². The Kier molecular flexibility index (Phi) is 4.26. The van der Waals surface area contributed by atoms with Crippen molar-refractivity contribution in [1.29, 1.82) is 0 Å². The molecule has 0 spiro atoms. The summed E-state index contributed by atoms with van der Waals surface area (Å²) < 4.78 is 65.4. The topological polar surface area (TPSA) is 26.3 Å². The van der Waals surface area contributed by atoms with Gasteiger partial charge in [-0.3, -0.25) is 4.79 Å². The molecule has 0 unspecified atom stereocenters. The summed E-state index contributed by atoms with van der Waals surface area (Å²) in [6.45, 7) is -1.79. The molecule has 0 atom stereocenters. The molecule has 0 aliphatic carbocycles. The predicted molar refractivity (Wildman–Crippen MR) is 52.7 cm³/mol. The summed E-state index contributed by atoms with van der Waals surface area (Å²) in [5.41, 5.74) is -1.58. The van der Waals surface area contributed by atoms with Crippen molar-refractivity contribution in [2.45, 2.75) is 26.1 Å². The fourth-order valence-corrected chi connectivity index (χ4v) is 1.31. The van der Waals surface area contributed by atoms with E-state index in [0.717, 1.165) is 6.07 Å². The van der Waals surface area contributed by atoms with Crippen molar-refractivity contribution in [3.63, 3.8) is 0 Å². The van der Waals surface area contributed by atoms with Crippen molar-refractivity contribution in [3.8, 4) is 5.75 Å². The van der Waals surface area contributed by atoms with Crippen molar-refractivity contribution in [2.24, 2.45) is 0 Å². The number of carbonyl (C=O) groups is 1. The molecule has 0 amide bonds. The maximum Gasteiger partial charge on any atom is 0.416 e. The number of rotatable bonds is 4. The third-order valence-corrected chi connectivity index (χ3v) is 2.14. The van der Waals surface area contributed by atoms with Crippen LogP contribution >= 0.6 is 0 Å². The van der Waals surface area contributed by atoms with Crippen molar-refractivity contribution in [3.05, 3.63) is 29.3 Å². The zero-order valence-corrected chi connectivity index (χ0v) is 9.22. The van der Waals surface area contributed by atoms with E-state index in [4.69, 9.17) is 0 Å². The van der Waals surface area contributed by atoms with Crippen LogP contribution in [-0.4, -0.2) is 12.4 Å². The molecule has 0 aliphatic rings. The normalized spacial score (nSPS) is 11.7. The standard InChI is InChI=1S/C11H9F5O2/c1-2-8(17)7-5-6(11(14,15)16)3-4-9(7)18-10(12)13/h3-5,10H,2H2,1H3. The van der Waals surface area contributed by atoms with Gasteiger partial charge < -0.3 is 4.74 Å². The summed E-state index contributed by atoms with van der Waals surface area (Å²) in [5, 5.41) is 0. The summed E-state index contributed by atoms with van der Waals surface area (Å²) in [4.78, 5) is 11.4. The van der Waals surface area contributed by atoms with Crippen LogP contribution in [0.25, 0.3) is 0 Å². The van der Waals surface area contributed by atoms with Crippen LogP contribution in [0, 0.1) is 0 Å². The van der Waals surface area contributed by atoms with Gasteiger partial charge >= 0.3 is 12.8 Å². The first-order chi connectivity index (χ1) is 8.25. The highest BCUT2D eigenvalue weighted by molar-refractivity contribution is 5.98. The highest BCUT2D eigenvalue weighted by Crippen LogP contribution is 2.33. The molecule has 0 saturated heterocycles. The lowest BCUT2D eigenvalue weighted by atomic mass is 10.0. The minimum absolute atomic E-state index is 0.110. The smallest absolute Gasteiger partial charge is 0.416 e. The van der Waals surface area contributed by atoms with E-state index in [-0.39, 0.29) is 6.42 Å². The second kappa shape index (κ2) is 5.32. The second-order valence-corrected chi connectivity index (χ2v) is 3.36. The van der Waals surface area contributed by atoms with Gasteiger partial charge in [0.2, 0.25) is 0 Å². The van der Waals surface area contributed by atoms with Gasteiger partial charge in [-0.2, -0.15) is 22.0 Å². The molecule has 0 radical (unpaired) electrons. The summed E-state index contributed by atoms with van der Waals surface area (Å²) in [6.07, 6.45) is -4.76. The fraction of sp³-hybridized carbons (Fsp3) is 0.364. The van der Waals surface area contributed by atoms with Crippen molar-refractivity contribution < 1.29 is 31.5 Å². The number of carbonyl (C=O) groups excluding carboxylic acids is 1. The van der Waals surface area contributed by atoms with Gasteiger partial charge in [0.05, 0.1) is 11.1 Å². The highest BCUT2D eigenvalue weighted by Gasteiger charge is 2.32. The van der Waals surface area contributed by atoms with Gasteiger partial charge in [0.1, 0.15) is 5.75 Å². The molecule has 0 saturated carbocycles. The Balaban J connectivity index is 3.25. The Bertz CT molecular complexity index is 440. The van der Waals surface area contributed by atoms with Crippen LogP contribution in [0.4, 0.5) is 22.0 Å². The molecule has 2 nitrogen and oxygen atoms in total. The molecule has 18 heavy (non-hydrogen) atoms. The molecule has 0 N–H and O–H groups in total. The Morgan fingerprint density at radius 3 is 2.39 bits per heavy atom. The monoisotopic (exact) mass is 268 g/mol. The molecule has 1 aromatic rings. The second-order valence-electron chi connectivity index (χ2n) is 3.36. The van der Waals surface area contributed by atoms with Crippen molar-refractivity contribution in [1.82, 2.24) is 0 Å². The minimum atomic E-state index is -4.65. The predicted octanol–water partition coefficient (Wildman–Crippen LogP) is 3.90. The number of hydrogen-bond acceptors (Lipinski definition) is 2. The van der Waals surface area contributed by atoms with Gasteiger partial charge in [-0.05, 0) is 18.2 Å². The molecule has 0 fully saturated rings. The van der Waals surface area contributed by atoms with Crippen molar-refractivity contribution >= 4 is 5.78 Å². The lowest BCUT2D eigenvalue weighted by molar-refractivity contribution is -0.137. The Morgan fingerprint density at radius 2 is 1.94 bits per heavy atom. The third kappa shape index (κ3) is 3.41. The first-order valence-electron chi connectivity index (χ1n) is 4.95. The average molecular weight is 268 g/mol. The van der Waals surface area contributed by atoms with Gasteiger partial charge in [0.25, 0.3) is 0 Å². The van der Waals surface area contributed by atoms with E-state index in [9.17, 15) is 26.7 Å². The molecule has 1 aromatic carbocycles. The van der Waals surface area contributed by atoms with E-state index >= 15 is 0 Å². The van der Waals surface area contributed by atoms with Crippen LogP contribution in [0.1, 0.15) is 29.3 Å². The zero-order valence-electron chi connectivity index (χ0n) is 9.22. The van der Waals surface area contributed by atoms with Crippen LogP contribution in [-0.2, 0) is 6.18 Å². The lowest BCUT2D eigenvalue weighted by Crippen LogP contribution is -2.11.